The van der Waals surface area contributed by atoms with Crippen LogP contribution in [0, 0.1) is 0 Å². The quantitative estimate of drug-likeness (QED) is 0.137. The molecule has 0 atom stereocenters. The Morgan fingerprint density at radius 1 is 0.364 bits per heavy atom. The van der Waals surface area contributed by atoms with Gasteiger partial charge in [0.25, 0.3) is 0 Å². The average molecular weight is 721 g/mol. The van der Waals surface area contributed by atoms with Gasteiger partial charge in [-0.15, -0.1) is 0 Å². The summed E-state index contributed by atoms with van der Waals surface area (Å²) in [4.78, 5) is 0. The van der Waals surface area contributed by atoms with Crippen molar-refractivity contribution in [3.05, 3.63) is 215 Å². The number of hydrogen-bond donors (Lipinski definition) is 0. The van der Waals surface area contributed by atoms with Crippen molar-refractivity contribution < 1.29 is 0 Å². The summed E-state index contributed by atoms with van der Waals surface area (Å²) >= 11 is 0. The van der Waals surface area contributed by atoms with Gasteiger partial charge < -0.3 is 0 Å². The van der Waals surface area contributed by atoms with E-state index in [0.29, 0.717) is 0 Å². The fourth-order valence-electron chi connectivity index (χ4n) is 10.2. The Labute approximate surface area is 326 Å². The summed E-state index contributed by atoms with van der Waals surface area (Å²) in [5, 5.41) is 11.3. The summed E-state index contributed by atoms with van der Waals surface area (Å²) in [7, 11) is -3.06. The van der Waals surface area contributed by atoms with Crippen LogP contribution >= 0.6 is 0 Å². The Balaban J connectivity index is 1.37. The molecule has 0 saturated heterocycles. The van der Waals surface area contributed by atoms with E-state index < -0.39 is 8.07 Å². The van der Waals surface area contributed by atoms with Crippen LogP contribution in [0.15, 0.2) is 193 Å². The highest BCUT2D eigenvalue weighted by molar-refractivity contribution is 7.26. The summed E-state index contributed by atoms with van der Waals surface area (Å²) in [6.07, 6.45) is 4.00. The van der Waals surface area contributed by atoms with Crippen molar-refractivity contribution in [2.24, 2.45) is 0 Å². The van der Waals surface area contributed by atoms with Crippen LogP contribution in [0.4, 0.5) is 0 Å². The molecule has 264 valence electrons. The lowest BCUT2D eigenvalue weighted by atomic mass is 9.93. The molecule has 0 saturated carbocycles. The first-order chi connectivity index (χ1) is 27.2. The summed E-state index contributed by atoms with van der Waals surface area (Å²) in [6, 6.07) is 69.3. The van der Waals surface area contributed by atoms with Crippen molar-refractivity contribution in [3.8, 4) is 22.3 Å². The molecule has 0 nitrogen and oxygen atoms in total. The summed E-state index contributed by atoms with van der Waals surface area (Å²) < 4.78 is 0. The molecule has 1 heteroatoms. The van der Waals surface area contributed by atoms with E-state index in [1.807, 2.05) is 0 Å². The summed E-state index contributed by atoms with van der Waals surface area (Å²) in [5.74, 6) is 0. The first kappa shape index (κ1) is 33.5. The number of rotatable bonds is 8. The van der Waals surface area contributed by atoms with E-state index in [4.69, 9.17) is 0 Å². The molecule has 2 aliphatic rings. The molecular weight excluding hydrogens is 677 g/mol. The van der Waals surface area contributed by atoms with Gasteiger partial charge in [0.05, 0.1) is 0 Å². The van der Waals surface area contributed by atoms with Crippen LogP contribution in [0.25, 0.3) is 54.2 Å². The molecule has 0 spiro atoms. The molecule has 0 unspecified atom stereocenters. The van der Waals surface area contributed by atoms with Gasteiger partial charge in [0.2, 0.25) is 0 Å². The van der Waals surface area contributed by atoms with Crippen LogP contribution < -0.4 is 10.4 Å². The van der Waals surface area contributed by atoms with Crippen molar-refractivity contribution in [2.75, 3.05) is 0 Å². The highest BCUT2D eigenvalue weighted by atomic mass is 28.3. The van der Waals surface area contributed by atoms with Crippen LogP contribution in [0.1, 0.15) is 48.9 Å². The molecule has 0 radical (unpaired) electrons. The standard InChI is InChI=1S/C54H44Si/c1-3-37-35-41-23-17-33-49(47-31-15-21-39-19-11-13-29-45(39)47)51(41)53(37)55(43-25-7-5-8-26-43,44-27-9-6-10-28-44)54-38(4-2)36-42-24-18-34-50(52(42)54)48-32-16-22-40-20-12-14-30-46(40)48/h5-34H,3-4,35-36H2,1-2H3. The normalized spacial score (nSPS) is 13.9. The minimum atomic E-state index is -3.06. The molecule has 0 aromatic heterocycles. The highest BCUT2D eigenvalue weighted by Gasteiger charge is 2.52. The molecule has 8 aromatic rings. The zero-order valence-electron chi connectivity index (χ0n) is 31.6. The minimum absolute atomic E-state index is 0.987. The van der Waals surface area contributed by atoms with Gasteiger partial charge in [-0.25, -0.2) is 0 Å². The van der Waals surface area contributed by atoms with Gasteiger partial charge in [-0.05, 0) is 113 Å². The van der Waals surface area contributed by atoms with E-state index in [2.05, 4.69) is 196 Å². The third-order valence-electron chi connectivity index (χ3n) is 12.5. The second-order valence-corrected chi connectivity index (χ2v) is 18.9. The molecule has 0 N–H and O–H groups in total. The van der Waals surface area contributed by atoms with Gasteiger partial charge >= 0.3 is 0 Å². The average Bonchev–Trinajstić information content (AvgIpc) is 3.84. The third kappa shape index (κ3) is 5.18. The van der Waals surface area contributed by atoms with E-state index in [1.54, 1.807) is 21.5 Å². The molecule has 2 aliphatic carbocycles. The molecule has 0 heterocycles. The van der Waals surface area contributed by atoms with Crippen molar-refractivity contribution in [2.45, 2.75) is 39.5 Å². The Morgan fingerprint density at radius 3 is 1.16 bits per heavy atom. The molecule has 0 amide bonds. The lowest BCUT2D eigenvalue weighted by Crippen LogP contribution is -2.61. The number of benzene rings is 8. The maximum atomic E-state index is 2.47. The van der Waals surface area contributed by atoms with E-state index in [9.17, 15) is 0 Å². The first-order valence-electron chi connectivity index (χ1n) is 20.0. The SMILES string of the molecule is CCC1=C([Si](C2=C(CC)Cc3cccc(-c4cccc5ccccc45)c32)(c2ccccc2)c2ccccc2)c2c(cccc2-c2cccc3ccccc23)C1. The van der Waals surface area contributed by atoms with Crippen LogP contribution in [-0.2, 0) is 12.8 Å². The first-order valence-corrected chi connectivity index (χ1v) is 22.0. The van der Waals surface area contributed by atoms with Crippen molar-refractivity contribution in [1.29, 1.82) is 0 Å². The van der Waals surface area contributed by atoms with Crippen molar-refractivity contribution in [1.82, 2.24) is 0 Å². The Hall–Kier alpha value is -6.02. The second kappa shape index (κ2) is 13.7. The maximum Gasteiger partial charge on any atom is 0.180 e. The predicted octanol–water partition coefficient (Wildman–Crippen LogP) is 12.8. The molecule has 55 heavy (non-hydrogen) atoms. The number of fused-ring (bicyclic) bond motifs is 4. The Kier molecular flexibility index (Phi) is 8.34. The van der Waals surface area contributed by atoms with Crippen LogP contribution in [-0.4, -0.2) is 8.07 Å². The fourth-order valence-corrected chi connectivity index (χ4v) is 16.3. The molecular formula is C54H44Si. The minimum Gasteiger partial charge on any atom is -0.0651 e. The number of allylic oxidation sites excluding steroid dienone is 2. The fraction of sp³-hybridized carbons (Fsp3) is 0.111. The van der Waals surface area contributed by atoms with Gasteiger partial charge in [-0.3, -0.25) is 0 Å². The molecule has 10 rings (SSSR count). The molecule has 0 bridgehead atoms. The summed E-state index contributed by atoms with van der Waals surface area (Å²) in [6.45, 7) is 4.79. The van der Waals surface area contributed by atoms with Gasteiger partial charge in [0.15, 0.2) is 8.07 Å². The van der Waals surface area contributed by atoms with Crippen LogP contribution in [0.5, 0.6) is 0 Å². The zero-order valence-corrected chi connectivity index (χ0v) is 32.6. The van der Waals surface area contributed by atoms with Crippen LogP contribution in [0.2, 0.25) is 0 Å². The highest BCUT2D eigenvalue weighted by Crippen LogP contribution is 2.54. The van der Waals surface area contributed by atoms with Crippen molar-refractivity contribution in [3.63, 3.8) is 0 Å². The maximum absolute atomic E-state index is 3.06. The molecule has 0 aliphatic heterocycles. The van der Waals surface area contributed by atoms with Gasteiger partial charge in [-0.1, -0.05) is 207 Å². The van der Waals surface area contributed by atoms with E-state index in [-0.39, 0.29) is 0 Å². The van der Waals surface area contributed by atoms with E-state index >= 15 is 0 Å². The lowest BCUT2D eigenvalue weighted by molar-refractivity contribution is 1.03. The largest absolute Gasteiger partial charge is 0.180 e. The van der Waals surface area contributed by atoms with Gasteiger partial charge in [0.1, 0.15) is 0 Å². The third-order valence-corrected chi connectivity index (χ3v) is 17.6. The van der Waals surface area contributed by atoms with Crippen LogP contribution in [0.3, 0.4) is 0 Å². The molecule has 8 aromatic carbocycles. The summed E-state index contributed by atoms with van der Waals surface area (Å²) in [5.41, 5.74) is 14.4. The van der Waals surface area contributed by atoms with E-state index in [0.717, 1.165) is 25.7 Å². The van der Waals surface area contributed by atoms with Crippen molar-refractivity contribution >= 4 is 50.4 Å². The Bertz CT molecular complexity index is 2610. The monoisotopic (exact) mass is 720 g/mol. The lowest BCUT2D eigenvalue weighted by Gasteiger charge is -2.40. The molecule has 0 fully saturated rings. The topological polar surface area (TPSA) is 0 Å². The van der Waals surface area contributed by atoms with Gasteiger partial charge in [0, 0.05) is 0 Å². The van der Waals surface area contributed by atoms with E-state index in [1.165, 1.54) is 76.4 Å². The zero-order chi connectivity index (χ0) is 36.9. The Morgan fingerprint density at radius 2 is 0.727 bits per heavy atom. The van der Waals surface area contributed by atoms with Gasteiger partial charge in [-0.2, -0.15) is 0 Å². The smallest absolute Gasteiger partial charge is 0.0651 e. The predicted molar refractivity (Wildman–Crippen MR) is 239 cm³/mol. The second-order valence-electron chi connectivity index (χ2n) is 15.2. The number of hydrogen-bond acceptors (Lipinski definition) is 0.